The van der Waals surface area contributed by atoms with Gasteiger partial charge in [-0.1, -0.05) is 33.9 Å². The second kappa shape index (κ2) is 6.55. The van der Waals surface area contributed by atoms with Crippen molar-refractivity contribution in [2.75, 3.05) is 18.1 Å². The molecule has 1 nitrogen and oxygen atoms in total. The minimum Gasteiger partial charge on any atom is -0.396 e. The summed E-state index contributed by atoms with van der Waals surface area (Å²) in [5.74, 6) is 2.66. The number of hydrogen-bond acceptors (Lipinski definition) is 3. The molecule has 1 fully saturated rings. The molecule has 18 heavy (non-hydrogen) atoms. The normalized spacial score (nSPS) is 21.0. The second-order valence-electron chi connectivity index (χ2n) is 6.86. The zero-order valence-electron chi connectivity index (χ0n) is 12.7. The van der Waals surface area contributed by atoms with E-state index in [4.69, 9.17) is 5.11 Å². The van der Waals surface area contributed by atoms with Gasteiger partial charge in [0.15, 0.2) is 0 Å². The Morgan fingerprint density at radius 2 is 1.67 bits per heavy atom. The quantitative estimate of drug-likeness (QED) is 0.584. The molecule has 1 rings (SSSR count). The molecule has 0 amide bonds. The molecular weight excluding hydrogens is 276 g/mol. The fourth-order valence-corrected chi connectivity index (χ4v) is 12.5. The monoisotopic (exact) mass is 306 g/mol. The molecule has 1 saturated heterocycles. The lowest BCUT2D eigenvalue weighted by molar-refractivity contribution is 0.283. The van der Waals surface area contributed by atoms with Crippen molar-refractivity contribution in [1.82, 2.24) is 0 Å². The zero-order chi connectivity index (χ0) is 13.9. The van der Waals surface area contributed by atoms with Gasteiger partial charge in [0.2, 0.25) is 0 Å². The van der Waals surface area contributed by atoms with E-state index < -0.39 is 8.07 Å². The lowest BCUT2D eigenvalue weighted by Crippen LogP contribution is -2.56. The highest BCUT2D eigenvalue weighted by Gasteiger charge is 2.53. The Hall–Kier alpha value is 0.877. The summed E-state index contributed by atoms with van der Waals surface area (Å²) in [5.41, 5.74) is 0. The number of hydrogen-bond donors (Lipinski definition) is 1. The summed E-state index contributed by atoms with van der Waals surface area (Å²) in [4.78, 5) is 0. The van der Waals surface area contributed by atoms with Crippen LogP contribution in [0.15, 0.2) is 0 Å². The van der Waals surface area contributed by atoms with Crippen LogP contribution in [-0.2, 0) is 0 Å². The molecule has 0 aromatic carbocycles. The Kier molecular flexibility index (Phi) is 6.16. The predicted molar refractivity (Wildman–Crippen MR) is 90.4 cm³/mol. The number of thioether (sulfide) groups is 2. The van der Waals surface area contributed by atoms with Crippen LogP contribution in [0.1, 0.15) is 46.5 Å². The van der Waals surface area contributed by atoms with Gasteiger partial charge in [-0.15, -0.1) is 23.5 Å². The van der Waals surface area contributed by atoms with Gasteiger partial charge >= 0.3 is 0 Å². The summed E-state index contributed by atoms with van der Waals surface area (Å²) < 4.78 is 0.471. The van der Waals surface area contributed by atoms with Gasteiger partial charge in [-0.2, -0.15) is 0 Å². The summed E-state index contributed by atoms with van der Waals surface area (Å²) in [6, 6.07) is 0. The smallest absolute Gasteiger partial charge is 0.0835 e. The second-order valence-corrected chi connectivity index (χ2v) is 16.2. The van der Waals surface area contributed by atoms with E-state index in [9.17, 15) is 0 Å². The highest BCUT2D eigenvalue weighted by atomic mass is 32.2. The van der Waals surface area contributed by atoms with Crippen molar-refractivity contribution in [2.45, 2.75) is 68.3 Å². The van der Waals surface area contributed by atoms with Gasteiger partial charge in [0, 0.05) is 6.61 Å². The van der Waals surface area contributed by atoms with E-state index in [1.54, 1.807) is 0 Å². The van der Waals surface area contributed by atoms with Crippen molar-refractivity contribution in [1.29, 1.82) is 0 Å². The Labute approximate surface area is 123 Å². The van der Waals surface area contributed by atoms with Crippen molar-refractivity contribution in [3.8, 4) is 0 Å². The maximum Gasteiger partial charge on any atom is 0.0835 e. The molecule has 1 aliphatic rings. The Balaban J connectivity index is 2.89. The first-order valence-corrected chi connectivity index (χ1v) is 12.1. The third-order valence-corrected chi connectivity index (χ3v) is 17.6. The fourth-order valence-electron chi connectivity index (χ4n) is 2.43. The first-order chi connectivity index (χ1) is 8.27. The van der Waals surface area contributed by atoms with Crippen LogP contribution in [0.4, 0.5) is 0 Å². The van der Waals surface area contributed by atoms with E-state index in [0.29, 0.717) is 15.3 Å². The molecule has 0 aromatic heterocycles. The van der Waals surface area contributed by atoms with Gasteiger partial charge in [-0.05, 0) is 42.2 Å². The van der Waals surface area contributed by atoms with Crippen LogP contribution in [-0.4, -0.2) is 35.0 Å². The number of aliphatic hydroxyl groups is 1. The van der Waals surface area contributed by atoms with Crippen LogP contribution < -0.4 is 0 Å². The standard InChI is InChI=1S/C14H30OS2Si/c1-13(2,3)18(4,5)14(9-6-7-10-15)16-11-8-12-17-14/h15H,6-12H2,1-5H3. The summed E-state index contributed by atoms with van der Waals surface area (Å²) in [7, 11) is -1.36. The van der Waals surface area contributed by atoms with Crippen LogP contribution >= 0.6 is 23.5 Å². The van der Waals surface area contributed by atoms with Crippen LogP contribution in [0.5, 0.6) is 0 Å². The van der Waals surface area contributed by atoms with Gasteiger partial charge < -0.3 is 5.11 Å². The topological polar surface area (TPSA) is 20.2 Å². The molecule has 1 heterocycles. The minimum absolute atomic E-state index is 0.350. The van der Waals surface area contributed by atoms with Gasteiger partial charge in [0.05, 0.1) is 11.8 Å². The van der Waals surface area contributed by atoms with Crippen molar-refractivity contribution in [3.05, 3.63) is 0 Å². The van der Waals surface area contributed by atoms with E-state index in [1.807, 2.05) is 0 Å². The van der Waals surface area contributed by atoms with Crippen LogP contribution in [0, 0.1) is 0 Å². The van der Waals surface area contributed by atoms with E-state index in [1.165, 1.54) is 30.8 Å². The fraction of sp³-hybridized carbons (Fsp3) is 1.00. The lowest BCUT2D eigenvalue weighted by Gasteiger charge is -2.53. The van der Waals surface area contributed by atoms with Crippen molar-refractivity contribution < 1.29 is 5.11 Å². The van der Waals surface area contributed by atoms with E-state index >= 15 is 0 Å². The Bertz CT molecular complexity index is 255. The maximum absolute atomic E-state index is 9.04. The van der Waals surface area contributed by atoms with Gasteiger partial charge in [0.1, 0.15) is 0 Å². The maximum atomic E-state index is 9.04. The number of unbranched alkanes of at least 4 members (excludes halogenated alkanes) is 1. The summed E-state index contributed by atoms with van der Waals surface area (Å²) in [6.07, 6.45) is 4.81. The molecule has 4 heteroatoms. The van der Waals surface area contributed by atoms with Gasteiger partial charge in [0.25, 0.3) is 0 Å². The van der Waals surface area contributed by atoms with E-state index in [0.717, 1.165) is 6.42 Å². The Morgan fingerprint density at radius 1 is 1.11 bits per heavy atom. The van der Waals surface area contributed by atoms with Crippen LogP contribution in [0.3, 0.4) is 0 Å². The number of rotatable bonds is 5. The lowest BCUT2D eigenvalue weighted by atomic mass is 10.2. The first kappa shape index (κ1) is 16.9. The molecule has 0 saturated carbocycles. The molecule has 0 aromatic rings. The summed E-state index contributed by atoms with van der Waals surface area (Å²) >= 11 is 4.48. The molecule has 0 radical (unpaired) electrons. The molecule has 0 unspecified atom stereocenters. The van der Waals surface area contributed by atoms with Gasteiger partial charge in [-0.3, -0.25) is 0 Å². The first-order valence-electron chi connectivity index (χ1n) is 7.16. The predicted octanol–water partition coefficient (Wildman–Crippen LogP) is 4.76. The average molecular weight is 307 g/mol. The molecule has 0 bridgehead atoms. The third kappa shape index (κ3) is 3.50. The van der Waals surface area contributed by atoms with Crippen molar-refractivity contribution in [3.63, 3.8) is 0 Å². The molecular formula is C14H30OS2Si. The molecule has 0 atom stereocenters. The van der Waals surface area contributed by atoms with E-state index in [2.05, 4.69) is 57.4 Å². The molecule has 1 N–H and O–H groups in total. The summed E-state index contributed by atoms with van der Waals surface area (Å²) in [6.45, 7) is 12.8. The number of aliphatic hydroxyl groups excluding tert-OH is 1. The molecule has 0 spiro atoms. The van der Waals surface area contributed by atoms with Gasteiger partial charge in [-0.25, -0.2) is 0 Å². The van der Waals surface area contributed by atoms with Crippen LogP contribution in [0.2, 0.25) is 18.1 Å². The molecule has 108 valence electrons. The summed E-state index contributed by atoms with van der Waals surface area (Å²) in [5, 5.41) is 9.49. The van der Waals surface area contributed by atoms with Crippen molar-refractivity contribution >= 4 is 31.6 Å². The zero-order valence-corrected chi connectivity index (χ0v) is 15.3. The molecule has 0 aliphatic carbocycles. The van der Waals surface area contributed by atoms with Crippen molar-refractivity contribution in [2.24, 2.45) is 0 Å². The van der Waals surface area contributed by atoms with E-state index in [-0.39, 0.29) is 0 Å². The largest absolute Gasteiger partial charge is 0.396 e. The highest BCUT2D eigenvalue weighted by Crippen LogP contribution is 2.58. The Morgan fingerprint density at radius 3 is 2.11 bits per heavy atom. The highest BCUT2D eigenvalue weighted by molar-refractivity contribution is 8.21. The van der Waals surface area contributed by atoms with Crippen LogP contribution in [0.25, 0.3) is 0 Å². The molecule has 1 aliphatic heterocycles. The minimum atomic E-state index is -1.36. The SMILES string of the molecule is CC(C)(C)[Si](C)(C)C1(CCCCO)SCCCS1. The third-order valence-electron chi connectivity index (χ3n) is 4.70. The average Bonchev–Trinajstić information content (AvgIpc) is 2.29.